The van der Waals surface area contributed by atoms with Crippen LogP contribution in [0.5, 0.6) is 0 Å². The molecule has 0 radical (unpaired) electrons. The lowest BCUT2D eigenvalue weighted by molar-refractivity contribution is 0.249. The summed E-state index contributed by atoms with van der Waals surface area (Å²) in [4.78, 5) is 33.4. The van der Waals surface area contributed by atoms with E-state index in [1.807, 2.05) is 5.43 Å². The third-order valence-corrected chi connectivity index (χ3v) is 2.13. The Kier molecular flexibility index (Phi) is 2.24. The number of amides is 2. The zero-order valence-corrected chi connectivity index (χ0v) is 8.06. The second-order valence-electron chi connectivity index (χ2n) is 3.14. The van der Waals surface area contributed by atoms with Gasteiger partial charge in [0.2, 0.25) is 5.43 Å². The minimum atomic E-state index is -0.892. The van der Waals surface area contributed by atoms with E-state index in [1.165, 1.54) is 6.07 Å². The molecule has 0 atom stereocenters. The summed E-state index contributed by atoms with van der Waals surface area (Å²) in [7, 11) is 0. The minimum Gasteiger partial charge on any atom is -0.350 e. The first-order valence-corrected chi connectivity index (χ1v) is 4.43. The van der Waals surface area contributed by atoms with E-state index in [2.05, 4.69) is 5.10 Å². The minimum absolute atomic E-state index is 0.0839. The Morgan fingerprint density at radius 3 is 2.38 bits per heavy atom. The largest absolute Gasteiger partial charge is 0.350 e. The van der Waals surface area contributed by atoms with E-state index in [0.29, 0.717) is 5.39 Å². The standard InChI is InChI=1S/C10H7N3O3/c11-10(16)13-12-7-5-3-1-2-4-6(5)8(14)9(7)15/h1-4H,(H3,11,13,16). The predicted molar refractivity (Wildman–Crippen MR) is 57.1 cm³/mol. The smallest absolute Gasteiger partial charge is 0.332 e. The Hall–Kier alpha value is -2.50. The molecule has 0 aliphatic rings. The predicted octanol–water partition coefficient (Wildman–Crippen LogP) is -1.08. The number of hydrogen-bond acceptors (Lipinski definition) is 4. The Balaban J connectivity index is 2.84. The van der Waals surface area contributed by atoms with Crippen LogP contribution in [0.3, 0.4) is 0 Å². The average Bonchev–Trinajstić information content (AvgIpc) is 2.50. The van der Waals surface area contributed by atoms with Crippen molar-refractivity contribution in [1.29, 1.82) is 0 Å². The molecule has 0 heterocycles. The third kappa shape index (κ3) is 1.46. The van der Waals surface area contributed by atoms with Gasteiger partial charge >= 0.3 is 6.03 Å². The molecule has 2 aromatic rings. The highest BCUT2D eigenvalue weighted by atomic mass is 16.2. The van der Waals surface area contributed by atoms with E-state index in [0.717, 1.165) is 0 Å². The van der Waals surface area contributed by atoms with Crippen molar-refractivity contribution in [3.63, 3.8) is 0 Å². The summed E-state index contributed by atoms with van der Waals surface area (Å²) < 4.78 is 0. The van der Waals surface area contributed by atoms with Gasteiger partial charge in [-0.2, -0.15) is 5.10 Å². The molecule has 0 fully saturated rings. The van der Waals surface area contributed by atoms with Gasteiger partial charge in [-0.15, -0.1) is 0 Å². The number of hydrogen-bond donors (Lipinski definition) is 2. The van der Waals surface area contributed by atoms with Crippen LogP contribution in [0, 0.1) is 0 Å². The second-order valence-corrected chi connectivity index (χ2v) is 3.14. The van der Waals surface area contributed by atoms with Crippen molar-refractivity contribution in [3.05, 3.63) is 50.1 Å². The molecule has 0 aromatic heterocycles. The van der Waals surface area contributed by atoms with Gasteiger partial charge in [0, 0.05) is 10.8 Å². The fraction of sp³-hybridized carbons (Fsp3) is 0. The van der Waals surface area contributed by atoms with Crippen LogP contribution in [0.2, 0.25) is 0 Å². The lowest BCUT2D eigenvalue weighted by Gasteiger charge is -1.89. The maximum Gasteiger partial charge on any atom is 0.332 e. The maximum atomic E-state index is 11.5. The highest BCUT2D eigenvalue weighted by molar-refractivity contribution is 5.83. The van der Waals surface area contributed by atoms with Gasteiger partial charge in [-0.05, 0) is 0 Å². The number of rotatable bonds is 1. The van der Waals surface area contributed by atoms with Crippen LogP contribution in [0.1, 0.15) is 0 Å². The zero-order valence-electron chi connectivity index (χ0n) is 8.06. The van der Waals surface area contributed by atoms with Crippen molar-refractivity contribution >= 4 is 16.8 Å². The molecular formula is C10H7N3O3. The van der Waals surface area contributed by atoms with E-state index in [-0.39, 0.29) is 10.7 Å². The number of urea groups is 1. The van der Waals surface area contributed by atoms with Crippen molar-refractivity contribution in [2.75, 3.05) is 0 Å². The molecule has 6 nitrogen and oxygen atoms in total. The van der Waals surface area contributed by atoms with Gasteiger partial charge in [-0.1, -0.05) is 24.3 Å². The SMILES string of the molecule is NC(=O)NN=c1c(=O)c(=O)c2ccccc12. The highest BCUT2D eigenvalue weighted by Gasteiger charge is 2.09. The topological polar surface area (TPSA) is 102 Å². The van der Waals surface area contributed by atoms with Gasteiger partial charge in [-0.3, -0.25) is 9.59 Å². The average molecular weight is 217 g/mol. The first-order chi connectivity index (χ1) is 7.61. The second kappa shape index (κ2) is 3.58. The van der Waals surface area contributed by atoms with E-state index in [9.17, 15) is 14.4 Å². The van der Waals surface area contributed by atoms with Crippen LogP contribution in [0.4, 0.5) is 4.79 Å². The van der Waals surface area contributed by atoms with Gasteiger partial charge in [0.15, 0.2) is 0 Å². The molecule has 0 aliphatic carbocycles. The lowest BCUT2D eigenvalue weighted by Crippen LogP contribution is -2.35. The third-order valence-electron chi connectivity index (χ3n) is 2.13. The highest BCUT2D eigenvalue weighted by Crippen LogP contribution is 2.01. The molecule has 0 saturated heterocycles. The molecule has 0 bridgehead atoms. The number of benzene rings is 1. The molecule has 3 N–H and O–H groups in total. The van der Waals surface area contributed by atoms with Crippen molar-refractivity contribution in [2.24, 2.45) is 10.8 Å². The van der Waals surface area contributed by atoms with Crippen LogP contribution >= 0.6 is 0 Å². The molecule has 0 unspecified atom stereocenters. The van der Waals surface area contributed by atoms with Crippen LogP contribution < -0.4 is 27.4 Å². The number of nitrogens with two attached hydrogens (primary N) is 1. The van der Waals surface area contributed by atoms with E-state index in [1.54, 1.807) is 18.2 Å². The number of nitrogens with one attached hydrogen (secondary N) is 1. The Bertz CT molecular complexity index is 711. The first-order valence-electron chi connectivity index (χ1n) is 4.43. The molecule has 6 heteroatoms. The van der Waals surface area contributed by atoms with E-state index >= 15 is 0 Å². The van der Waals surface area contributed by atoms with Crippen LogP contribution in [-0.2, 0) is 0 Å². The van der Waals surface area contributed by atoms with E-state index < -0.39 is 16.9 Å². The number of nitrogens with zero attached hydrogens (tertiary/aromatic N) is 1. The molecule has 2 aromatic carbocycles. The summed E-state index contributed by atoms with van der Waals surface area (Å²) in [5.74, 6) is 0. The summed E-state index contributed by atoms with van der Waals surface area (Å²) in [6.07, 6.45) is 0. The Morgan fingerprint density at radius 1 is 1.12 bits per heavy atom. The molecule has 80 valence electrons. The molecule has 0 saturated carbocycles. The normalized spacial score (nSPS) is 11.9. The van der Waals surface area contributed by atoms with Crippen molar-refractivity contribution in [1.82, 2.24) is 5.43 Å². The Labute approximate surface area is 88.7 Å². The quantitative estimate of drug-likeness (QED) is 0.469. The fourth-order valence-corrected chi connectivity index (χ4v) is 1.46. The summed E-state index contributed by atoms with van der Waals surface area (Å²) >= 11 is 0. The number of fused-ring (bicyclic) bond motifs is 1. The fourth-order valence-electron chi connectivity index (χ4n) is 1.46. The first kappa shape index (κ1) is 10.0. The van der Waals surface area contributed by atoms with Crippen LogP contribution in [0.25, 0.3) is 10.8 Å². The summed E-state index contributed by atoms with van der Waals surface area (Å²) in [6.45, 7) is 0. The van der Waals surface area contributed by atoms with Gasteiger partial charge in [0.1, 0.15) is 5.36 Å². The maximum absolute atomic E-state index is 11.5. The summed E-state index contributed by atoms with van der Waals surface area (Å²) in [6, 6.07) is 5.54. The van der Waals surface area contributed by atoms with Gasteiger partial charge in [0.05, 0.1) is 0 Å². The van der Waals surface area contributed by atoms with Crippen molar-refractivity contribution < 1.29 is 4.79 Å². The van der Waals surface area contributed by atoms with Crippen molar-refractivity contribution in [3.8, 4) is 0 Å². The van der Waals surface area contributed by atoms with Gasteiger partial charge in [0.25, 0.3) is 5.43 Å². The van der Waals surface area contributed by atoms with Crippen LogP contribution in [0.15, 0.2) is 39.0 Å². The number of primary amides is 1. The Morgan fingerprint density at radius 2 is 1.75 bits per heavy atom. The monoisotopic (exact) mass is 217 g/mol. The van der Waals surface area contributed by atoms with Gasteiger partial charge in [-0.25, -0.2) is 10.2 Å². The van der Waals surface area contributed by atoms with Crippen LogP contribution in [-0.4, -0.2) is 6.03 Å². The molecule has 0 aliphatic heterocycles. The molecular weight excluding hydrogens is 210 g/mol. The zero-order chi connectivity index (χ0) is 11.7. The molecule has 2 amide bonds. The number of carbonyl (C=O) groups is 1. The van der Waals surface area contributed by atoms with Crippen molar-refractivity contribution in [2.45, 2.75) is 0 Å². The lowest BCUT2D eigenvalue weighted by atomic mass is 10.2. The summed E-state index contributed by atoms with van der Waals surface area (Å²) in [5, 5.41) is 4.13. The molecule has 2 rings (SSSR count). The van der Waals surface area contributed by atoms with Gasteiger partial charge < -0.3 is 5.73 Å². The molecule has 0 spiro atoms. The number of carbonyl (C=O) groups excluding carboxylic acids is 1. The van der Waals surface area contributed by atoms with E-state index in [4.69, 9.17) is 5.73 Å². The summed E-state index contributed by atoms with van der Waals surface area (Å²) in [5.41, 5.74) is 5.39. The molecule has 16 heavy (non-hydrogen) atoms.